The van der Waals surface area contributed by atoms with Crippen LogP contribution in [0.3, 0.4) is 0 Å². The van der Waals surface area contributed by atoms with Gasteiger partial charge in [0.2, 0.25) is 0 Å². The molecule has 0 amide bonds. The Morgan fingerprint density at radius 3 is 2.73 bits per heavy atom. The van der Waals surface area contributed by atoms with Crippen molar-refractivity contribution in [3.05, 3.63) is 42.5 Å². The van der Waals surface area contributed by atoms with Crippen LogP contribution in [0.1, 0.15) is 17.3 Å². The van der Waals surface area contributed by atoms with Gasteiger partial charge in [-0.1, -0.05) is 0 Å². The fraction of sp³-hybridized carbons (Fsp3) is 0.200. The maximum atomic E-state index is 11.2. The largest absolute Gasteiger partial charge is 0.492 e. The molecule has 2 aromatic heterocycles. The number of rotatable bonds is 5. The lowest BCUT2D eigenvalue weighted by atomic mass is 10.1. The van der Waals surface area contributed by atoms with Gasteiger partial charge >= 0.3 is 0 Å². The van der Waals surface area contributed by atoms with Crippen LogP contribution in [0.5, 0.6) is 5.75 Å². The molecule has 112 valence electrons. The van der Waals surface area contributed by atoms with Gasteiger partial charge < -0.3 is 15.0 Å². The predicted molar refractivity (Wildman–Crippen MR) is 81.7 cm³/mol. The molecule has 0 aliphatic carbocycles. The highest BCUT2D eigenvalue weighted by Crippen LogP contribution is 2.15. The molecule has 0 fully saturated rings. The number of ketones is 1. The molecule has 0 bridgehead atoms. The van der Waals surface area contributed by atoms with Gasteiger partial charge in [-0.15, -0.1) is 0 Å². The highest BCUT2D eigenvalue weighted by molar-refractivity contribution is 5.94. The molecule has 0 unspecified atom stereocenters. The summed E-state index contributed by atoms with van der Waals surface area (Å²) in [6, 6.07) is 7.06. The van der Waals surface area contributed by atoms with Crippen molar-refractivity contribution in [1.82, 2.24) is 19.5 Å². The van der Waals surface area contributed by atoms with Crippen LogP contribution in [0, 0.1) is 0 Å². The smallest absolute Gasteiger partial charge is 0.165 e. The van der Waals surface area contributed by atoms with E-state index in [0.29, 0.717) is 41.4 Å². The number of hydrogen-bond acceptors (Lipinski definition) is 6. The number of nitrogen functional groups attached to an aromatic ring is 1. The molecule has 7 nitrogen and oxygen atoms in total. The predicted octanol–water partition coefficient (Wildman–Crippen LogP) is 1.69. The average molecular weight is 297 g/mol. The van der Waals surface area contributed by atoms with E-state index in [1.807, 2.05) is 4.57 Å². The van der Waals surface area contributed by atoms with Crippen LogP contribution < -0.4 is 10.5 Å². The Balaban J connectivity index is 1.65. The van der Waals surface area contributed by atoms with Crippen LogP contribution in [0.2, 0.25) is 0 Å². The lowest BCUT2D eigenvalue weighted by Crippen LogP contribution is -2.08. The lowest BCUT2D eigenvalue weighted by Gasteiger charge is -2.07. The van der Waals surface area contributed by atoms with Crippen molar-refractivity contribution in [1.29, 1.82) is 0 Å². The van der Waals surface area contributed by atoms with Crippen molar-refractivity contribution in [2.24, 2.45) is 0 Å². The second-order valence-corrected chi connectivity index (χ2v) is 4.80. The third kappa shape index (κ3) is 2.73. The Labute approximate surface area is 126 Å². The lowest BCUT2D eigenvalue weighted by molar-refractivity contribution is 0.101. The van der Waals surface area contributed by atoms with Crippen LogP contribution in [0.15, 0.2) is 36.9 Å². The minimum absolute atomic E-state index is 0.0358. The summed E-state index contributed by atoms with van der Waals surface area (Å²) in [4.78, 5) is 23.5. The molecule has 0 aliphatic heterocycles. The minimum atomic E-state index is 0.0358. The number of benzene rings is 1. The van der Waals surface area contributed by atoms with Crippen molar-refractivity contribution >= 4 is 22.8 Å². The van der Waals surface area contributed by atoms with E-state index in [9.17, 15) is 4.79 Å². The van der Waals surface area contributed by atoms with Gasteiger partial charge in [0.15, 0.2) is 17.2 Å². The van der Waals surface area contributed by atoms with E-state index >= 15 is 0 Å². The number of fused-ring (bicyclic) bond motifs is 1. The number of imidazole rings is 1. The van der Waals surface area contributed by atoms with Crippen molar-refractivity contribution < 1.29 is 9.53 Å². The minimum Gasteiger partial charge on any atom is -0.492 e. The van der Waals surface area contributed by atoms with Gasteiger partial charge in [-0.3, -0.25) is 4.79 Å². The van der Waals surface area contributed by atoms with E-state index < -0.39 is 0 Å². The molecule has 0 saturated carbocycles. The SMILES string of the molecule is CC(=O)c1ccc(OCCn2cnc3c(N)ncnc32)cc1. The molecule has 3 aromatic rings. The maximum absolute atomic E-state index is 11.2. The third-order valence-corrected chi connectivity index (χ3v) is 3.29. The Bertz CT molecular complexity index is 810. The number of Topliss-reactive ketones (excluding diaryl/α,β-unsaturated/α-hetero) is 1. The number of anilines is 1. The molecule has 0 atom stereocenters. The van der Waals surface area contributed by atoms with Gasteiger partial charge in [-0.2, -0.15) is 0 Å². The summed E-state index contributed by atoms with van der Waals surface area (Å²) in [5, 5.41) is 0. The zero-order valence-corrected chi connectivity index (χ0v) is 12.1. The van der Waals surface area contributed by atoms with E-state index in [-0.39, 0.29) is 5.78 Å². The van der Waals surface area contributed by atoms with E-state index in [1.165, 1.54) is 13.3 Å². The summed E-state index contributed by atoms with van der Waals surface area (Å²) in [5.41, 5.74) is 7.68. The molecule has 7 heteroatoms. The normalized spacial score (nSPS) is 10.8. The topological polar surface area (TPSA) is 95.9 Å². The van der Waals surface area contributed by atoms with Crippen LogP contribution in [-0.2, 0) is 6.54 Å². The molecule has 2 N–H and O–H groups in total. The van der Waals surface area contributed by atoms with Crippen LogP contribution in [-0.4, -0.2) is 31.9 Å². The molecule has 22 heavy (non-hydrogen) atoms. The van der Waals surface area contributed by atoms with E-state index in [2.05, 4.69) is 15.0 Å². The number of carbonyl (C=O) groups is 1. The number of ether oxygens (including phenoxy) is 1. The summed E-state index contributed by atoms with van der Waals surface area (Å²) >= 11 is 0. The fourth-order valence-corrected chi connectivity index (χ4v) is 2.11. The number of aromatic nitrogens is 4. The summed E-state index contributed by atoms with van der Waals surface area (Å²) in [5.74, 6) is 1.11. The first kappa shape index (κ1) is 14.0. The van der Waals surface area contributed by atoms with Crippen molar-refractivity contribution in [3.8, 4) is 5.75 Å². The zero-order chi connectivity index (χ0) is 15.5. The highest BCUT2D eigenvalue weighted by atomic mass is 16.5. The monoisotopic (exact) mass is 297 g/mol. The second-order valence-electron chi connectivity index (χ2n) is 4.80. The van der Waals surface area contributed by atoms with Crippen molar-refractivity contribution in [2.75, 3.05) is 12.3 Å². The molecule has 0 saturated heterocycles. The average Bonchev–Trinajstić information content (AvgIpc) is 2.93. The standard InChI is InChI=1S/C15H15N5O2/c1-10(21)11-2-4-12(5-3-11)22-7-6-20-9-19-13-14(16)17-8-18-15(13)20/h2-5,8-9H,6-7H2,1H3,(H2,16,17,18). The van der Waals surface area contributed by atoms with Crippen molar-refractivity contribution in [2.45, 2.75) is 13.5 Å². The summed E-state index contributed by atoms with van der Waals surface area (Å²) in [7, 11) is 0. The summed E-state index contributed by atoms with van der Waals surface area (Å²) in [6.07, 6.45) is 3.08. The van der Waals surface area contributed by atoms with Crippen LogP contribution in [0.25, 0.3) is 11.2 Å². The number of nitrogens with two attached hydrogens (primary N) is 1. The molecule has 0 aliphatic rings. The number of hydrogen-bond donors (Lipinski definition) is 1. The van der Waals surface area contributed by atoms with E-state index in [0.717, 1.165) is 0 Å². The van der Waals surface area contributed by atoms with E-state index in [1.54, 1.807) is 30.6 Å². The summed E-state index contributed by atoms with van der Waals surface area (Å²) in [6.45, 7) is 2.57. The van der Waals surface area contributed by atoms with Crippen LogP contribution in [0.4, 0.5) is 5.82 Å². The number of carbonyl (C=O) groups excluding carboxylic acids is 1. The Morgan fingerprint density at radius 2 is 2.00 bits per heavy atom. The molecule has 0 spiro atoms. The van der Waals surface area contributed by atoms with Gasteiger partial charge in [-0.05, 0) is 31.2 Å². The van der Waals surface area contributed by atoms with Gasteiger partial charge in [0.1, 0.15) is 24.2 Å². The first-order valence-corrected chi connectivity index (χ1v) is 6.80. The number of nitrogens with zero attached hydrogens (tertiary/aromatic N) is 4. The molecule has 3 rings (SSSR count). The van der Waals surface area contributed by atoms with Gasteiger partial charge in [0, 0.05) is 5.56 Å². The molecular formula is C15H15N5O2. The Morgan fingerprint density at radius 1 is 1.23 bits per heavy atom. The molecule has 0 radical (unpaired) electrons. The fourth-order valence-electron chi connectivity index (χ4n) is 2.11. The Kier molecular flexibility index (Phi) is 3.69. The van der Waals surface area contributed by atoms with Gasteiger partial charge in [0.05, 0.1) is 12.9 Å². The molecular weight excluding hydrogens is 282 g/mol. The first-order chi connectivity index (χ1) is 10.6. The quantitative estimate of drug-likeness (QED) is 0.720. The van der Waals surface area contributed by atoms with Gasteiger partial charge in [-0.25, -0.2) is 15.0 Å². The zero-order valence-electron chi connectivity index (χ0n) is 12.1. The molecule has 1 aromatic carbocycles. The Hall–Kier alpha value is -2.96. The summed E-state index contributed by atoms with van der Waals surface area (Å²) < 4.78 is 7.52. The maximum Gasteiger partial charge on any atom is 0.165 e. The van der Waals surface area contributed by atoms with Gasteiger partial charge in [0.25, 0.3) is 0 Å². The first-order valence-electron chi connectivity index (χ1n) is 6.80. The highest BCUT2D eigenvalue weighted by Gasteiger charge is 2.07. The third-order valence-electron chi connectivity index (χ3n) is 3.29. The van der Waals surface area contributed by atoms with Crippen LogP contribution >= 0.6 is 0 Å². The second kappa shape index (κ2) is 5.80. The van der Waals surface area contributed by atoms with Crippen molar-refractivity contribution in [3.63, 3.8) is 0 Å². The molecule has 2 heterocycles. The van der Waals surface area contributed by atoms with E-state index in [4.69, 9.17) is 10.5 Å².